The number of carbonyl (C=O) groups excluding carboxylic acids is 1. The Morgan fingerprint density at radius 1 is 1.24 bits per heavy atom. The number of hydrogen-bond acceptors (Lipinski definition) is 5. The van der Waals surface area contributed by atoms with E-state index in [0.717, 1.165) is 55.4 Å². The van der Waals surface area contributed by atoms with Gasteiger partial charge in [-0.05, 0) is 24.1 Å². The highest BCUT2D eigenvalue weighted by atomic mass is 16.7. The molecule has 1 aromatic heterocycles. The first-order valence-electron chi connectivity index (χ1n) is 8.68. The Labute approximate surface area is 145 Å². The van der Waals surface area contributed by atoms with Gasteiger partial charge in [0, 0.05) is 38.9 Å². The van der Waals surface area contributed by atoms with Crippen LogP contribution in [-0.2, 0) is 17.9 Å². The van der Waals surface area contributed by atoms with Crippen LogP contribution >= 0.6 is 0 Å². The van der Waals surface area contributed by atoms with Crippen LogP contribution in [0.15, 0.2) is 30.7 Å². The fourth-order valence-corrected chi connectivity index (χ4v) is 3.72. The van der Waals surface area contributed by atoms with Crippen molar-refractivity contribution in [3.63, 3.8) is 0 Å². The average Bonchev–Trinajstić information content (AvgIpc) is 3.20. The Bertz CT molecular complexity index is 814. The summed E-state index contributed by atoms with van der Waals surface area (Å²) >= 11 is 0. The summed E-state index contributed by atoms with van der Waals surface area (Å²) in [4.78, 5) is 21.3. The molecule has 1 saturated heterocycles. The molecule has 1 aromatic carbocycles. The lowest BCUT2D eigenvalue weighted by molar-refractivity contribution is -0.139. The minimum Gasteiger partial charge on any atom is -0.454 e. The van der Waals surface area contributed by atoms with E-state index in [-0.39, 0.29) is 18.7 Å². The van der Waals surface area contributed by atoms with E-state index in [2.05, 4.69) is 16.0 Å². The third-order valence-corrected chi connectivity index (χ3v) is 5.19. The van der Waals surface area contributed by atoms with Crippen LogP contribution in [0.1, 0.15) is 23.7 Å². The van der Waals surface area contributed by atoms with Crippen LogP contribution in [0.4, 0.5) is 0 Å². The molecule has 3 aliphatic heterocycles. The van der Waals surface area contributed by atoms with E-state index in [0.29, 0.717) is 6.54 Å². The Kier molecular flexibility index (Phi) is 3.41. The van der Waals surface area contributed by atoms with Crippen molar-refractivity contribution >= 4 is 5.91 Å². The molecule has 0 bridgehead atoms. The molecule has 7 heteroatoms. The number of rotatable bonds is 3. The minimum absolute atomic E-state index is 0.180. The molecule has 4 heterocycles. The standard InChI is InChI=1S/C18H20N4O3/c23-18(21-4-1-5-21)15-10-20(9-14-7-19-11-22(14)15)8-13-2-3-16-17(6-13)25-12-24-16/h2-3,6-7,11,15H,1,4-5,8-10,12H2/t15-/m0/s1. The van der Waals surface area contributed by atoms with Gasteiger partial charge in [-0.1, -0.05) is 6.07 Å². The number of likely N-dealkylation sites (tertiary alicyclic amines) is 1. The number of nitrogens with zero attached hydrogens (tertiary/aromatic N) is 4. The lowest BCUT2D eigenvalue weighted by atomic mass is 10.1. The zero-order valence-corrected chi connectivity index (χ0v) is 13.9. The Balaban J connectivity index is 1.37. The van der Waals surface area contributed by atoms with Gasteiger partial charge < -0.3 is 18.9 Å². The van der Waals surface area contributed by atoms with Crippen molar-refractivity contribution in [1.82, 2.24) is 19.4 Å². The first kappa shape index (κ1) is 14.8. The van der Waals surface area contributed by atoms with Gasteiger partial charge in [0.15, 0.2) is 11.5 Å². The van der Waals surface area contributed by atoms with Crippen molar-refractivity contribution in [2.24, 2.45) is 0 Å². The number of benzene rings is 1. The first-order valence-corrected chi connectivity index (χ1v) is 8.68. The molecule has 1 fully saturated rings. The molecular formula is C18H20N4O3. The van der Waals surface area contributed by atoms with E-state index in [4.69, 9.17) is 9.47 Å². The van der Waals surface area contributed by atoms with Gasteiger partial charge in [0.25, 0.3) is 0 Å². The normalized spacial score (nSPS) is 21.8. The highest BCUT2D eigenvalue weighted by Crippen LogP contribution is 2.33. The maximum absolute atomic E-state index is 12.8. The molecule has 2 aromatic rings. The van der Waals surface area contributed by atoms with Crippen LogP contribution in [0, 0.1) is 0 Å². The lowest BCUT2D eigenvalue weighted by Crippen LogP contribution is -2.50. The van der Waals surface area contributed by atoms with E-state index >= 15 is 0 Å². The molecule has 0 saturated carbocycles. The number of ether oxygens (including phenoxy) is 2. The van der Waals surface area contributed by atoms with E-state index in [1.807, 2.05) is 27.8 Å². The van der Waals surface area contributed by atoms with Crippen molar-refractivity contribution < 1.29 is 14.3 Å². The molecule has 0 radical (unpaired) electrons. The summed E-state index contributed by atoms with van der Waals surface area (Å²) in [5.41, 5.74) is 2.25. The van der Waals surface area contributed by atoms with E-state index < -0.39 is 0 Å². The maximum Gasteiger partial charge on any atom is 0.247 e. The highest BCUT2D eigenvalue weighted by molar-refractivity contribution is 5.81. The van der Waals surface area contributed by atoms with Crippen molar-refractivity contribution in [2.45, 2.75) is 25.6 Å². The van der Waals surface area contributed by atoms with Gasteiger partial charge >= 0.3 is 0 Å². The van der Waals surface area contributed by atoms with Crippen LogP contribution in [-0.4, -0.2) is 51.7 Å². The van der Waals surface area contributed by atoms with Gasteiger partial charge in [-0.2, -0.15) is 0 Å². The minimum atomic E-state index is -0.180. The van der Waals surface area contributed by atoms with Gasteiger partial charge in [0.1, 0.15) is 6.04 Å². The monoisotopic (exact) mass is 340 g/mol. The molecule has 130 valence electrons. The van der Waals surface area contributed by atoms with Gasteiger partial charge in [-0.3, -0.25) is 9.69 Å². The first-order chi connectivity index (χ1) is 12.3. The fraction of sp³-hybridized carbons (Fsp3) is 0.444. The summed E-state index contributed by atoms with van der Waals surface area (Å²) in [6.45, 7) is 4.30. The van der Waals surface area contributed by atoms with E-state index in [9.17, 15) is 4.79 Å². The Morgan fingerprint density at radius 3 is 2.96 bits per heavy atom. The SMILES string of the molecule is O=C([C@@H]1CN(Cc2ccc3c(c2)OCO3)Cc2cncn21)N1CCC1. The van der Waals surface area contributed by atoms with Gasteiger partial charge in [0.2, 0.25) is 12.7 Å². The third kappa shape index (κ3) is 2.55. The van der Waals surface area contributed by atoms with Gasteiger partial charge in [-0.15, -0.1) is 0 Å². The number of amides is 1. The van der Waals surface area contributed by atoms with E-state index in [1.165, 1.54) is 0 Å². The topological polar surface area (TPSA) is 59.8 Å². The van der Waals surface area contributed by atoms with Crippen LogP contribution in [0.3, 0.4) is 0 Å². The van der Waals surface area contributed by atoms with Crippen molar-refractivity contribution in [3.05, 3.63) is 42.0 Å². The second-order valence-corrected chi connectivity index (χ2v) is 6.84. The molecule has 7 nitrogen and oxygen atoms in total. The summed E-state index contributed by atoms with van der Waals surface area (Å²) in [5, 5.41) is 0. The molecule has 1 amide bonds. The summed E-state index contributed by atoms with van der Waals surface area (Å²) in [6, 6.07) is 5.86. The smallest absolute Gasteiger partial charge is 0.247 e. The molecule has 5 rings (SSSR count). The maximum atomic E-state index is 12.8. The number of hydrogen-bond donors (Lipinski definition) is 0. The van der Waals surface area contributed by atoms with Crippen LogP contribution in [0.25, 0.3) is 0 Å². The lowest BCUT2D eigenvalue weighted by Gasteiger charge is -2.39. The van der Waals surface area contributed by atoms with Crippen molar-refractivity contribution in [1.29, 1.82) is 0 Å². The largest absolute Gasteiger partial charge is 0.454 e. The quantitative estimate of drug-likeness (QED) is 0.845. The summed E-state index contributed by atoms with van der Waals surface area (Å²) < 4.78 is 12.9. The fourth-order valence-electron chi connectivity index (χ4n) is 3.72. The molecule has 0 aliphatic carbocycles. The Morgan fingerprint density at radius 2 is 2.12 bits per heavy atom. The molecule has 0 spiro atoms. The second-order valence-electron chi connectivity index (χ2n) is 6.84. The molecule has 3 aliphatic rings. The summed E-state index contributed by atoms with van der Waals surface area (Å²) in [7, 11) is 0. The van der Waals surface area contributed by atoms with Gasteiger partial charge in [0.05, 0.1) is 12.0 Å². The highest BCUT2D eigenvalue weighted by Gasteiger charge is 2.34. The summed E-state index contributed by atoms with van der Waals surface area (Å²) in [5.74, 6) is 1.81. The van der Waals surface area contributed by atoms with Gasteiger partial charge in [-0.25, -0.2) is 4.98 Å². The van der Waals surface area contributed by atoms with E-state index in [1.54, 1.807) is 6.33 Å². The molecule has 0 unspecified atom stereocenters. The number of imidazole rings is 1. The van der Waals surface area contributed by atoms with Crippen LogP contribution in [0.5, 0.6) is 11.5 Å². The zero-order valence-electron chi connectivity index (χ0n) is 13.9. The van der Waals surface area contributed by atoms with Crippen LogP contribution in [0.2, 0.25) is 0 Å². The summed E-state index contributed by atoms with van der Waals surface area (Å²) in [6.07, 6.45) is 4.76. The van der Waals surface area contributed by atoms with Crippen molar-refractivity contribution in [2.75, 3.05) is 26.4 Å². The number of fused-ring (bicyclic) bond motifs is 2. The predicted molar refractivity (Wildman–Crippen MR) is 89.1 cm³/mol. The number of carbonyl (C=O) groups is 1. The zero-order chi connectivity index (χ0) is 16.8. The number of aromatic nitrogens is 2. The predicted octanol–water partition coefficient (Wildman–Crippen LogP) is 1.40. The third-order valence-electron chi connectivity index (χ3n) is 5.19. The second kappa shape index (κ2) is 5.77. The van der Waals surface area contributed by atoms with Crippen molar-refractivity contribution in [3.8, 4) is 11.5 Å². The molecule has 25 heavy (non-hydrogen) atoms. The molecular weight excluding hydrogens is 320 g/mol. The molecule has 0 N–H and O–H groups in total. The molecule has 1 atom stereocenters. The van der Waals surface area contributed by atoms with Crippen LogP contribution < -0.4 is 9.47 Å². The Hall–Kier alpha value is -2.54. The average molecular weight is 340 g/mol.